The SMILES string of the molecule is O=C([O-])C1=C/C(=C/C=N[C@@H](CC2=CC(=O)C(=O)C=C2)C(=O)[O-])C[C@@H](C(=O)[O-])N1. The van der Waals surface area contributed by atoms with Gasteiger partial charge in [-0.25, -0.2) is 0 Å². The van der Waals surface area contributed by atoms with Gasteiger partial charge in [0.1, 0.15) is 0 Å². The molecule has 0 spiro atoms. The lowest BCUT2D eigenvalue weighted by Crippen LogP contribution is -2.49. The summed E-state index contributed by atoms with van der Waals surface area (Å²) in [6.07, 6.45) is 6.46. The van der Waals surface area contributed by atoms with Gasteiger partial charge in [0, 0.05) is 12.6 Å². The second kappa shape index (κ2) is 8.71. The lowest BCUT2D eigenvalue weighted by Gasteiger charge is -2.28. The predicted molar refractivity (Wildman–Crippen MR) is 86.9 cm³/mol. The molecule has 10 nitrogen and oxygen atoms in total. The smallest absolute Gasteiger partial charge is 0.225 e. The molecule has 2 aliphatic rings. The molecular weight excluding hydrogens is 372 g/mol. The summed E-state index contributed by atoms with van der Waals surface area (Å²) in [5, 5.41) is 35.4. The Morgan fingerprint density at radius 3 is 2.43 bits per heavy atom. The molecule has 28 heavy (non-hydrogen) atoms. The number of rotatable bonds is 7. The van der Waals surface area contributed by atoms with Crippen LogP contribution in [0.5, 0.6) is 0 Å². The number of nitrogens with one attached hydrogen (secondary N) is 1. The van der Waals surface area contributed by atoms with E-state index in [1.165, 1.54) is 12.2 Å². The van der Waals surface area contributed by atoms with Crippen molar-refractivity contribution in [3.05, 3.63) is 47.2 Å². The number of nitrogens with zero attached hydrogens (tertiary/aromatic N) is 1. The molecule has 2 atom stereocenters. The van der Waals surface area contributed by atoms with Crippen LogP contribution in [0, 0.1) is 0 Å². The number of carboxylic acid groups (broad SMARTS) is 3. The highest BCUT2D eigenvalue weighted by atomic mass is 16.4. The van der Waals surface area contributed by atoms with Gasteiger partial charge in [-0.05, 0) is 41.9 Å². The van der Waals surface area contributed by atoms with Crippen molar-refractivity contribution in [2.45, 2.75) is 24.9 Å². The van der Waals surface area contributed by atoms with Gasteiger partial charge in [-0.3, -0.25) is 14.6 Å². The molecule has 0 aromatic carbocycles. The molecule has 0 aromatic rings. The largest absolute Gasteiger partial charge is 0.548 e. The molecule has 0 aromatic heterocycles. The monoisotopic (exact) mass is 385 g/mol. The van der Waals surface area contributed by atoms with Gasteiger partial charge < -0.3 is 35.0 Å². The third kappa shape index (κ3) is 5.34. The number of hydrogen-bond donors (Lipinski definition) is 1. The van der Waals surface area contributed by atoms with Crippen molar-refractivity contribution in [2.75, 3.05) is 0 Å². The minimum Gasteiger partial charge on any atom is -0.548 e. The van der Waals surface area contributed by atoms with Crippen LogP contribution in [-0.2, 0) is 24.0 Å². The first kappa shape index (κ1) is 20.5. The lowest BCUT2D eigenvalue weighted by molar-refractivity contribution is -0.309. The van der Waals surface area contributed by atoms with E-state index in [0.29, 0.717) is 0 Å². The number of carbonyl (C=O) groups is 5. The molecule has 0 saturated carbocycles. The van der Waals surface area contributed by atoms with Gasteiger partial charge in [-0.15, -0.1) is 0 Å². The van der Waals surface area contributed by atoms with E-state index < -0.39 is 47.3 Å². The van der Waals surface area contributed by atoms with E-state index in [2.05, 4.69) is 10.3 Å². The fraction of sp³-hybridized carbons (Fsp3) is 0.222. The second-order valence-electron chi connectivity index (χ2n) is 5.93. The van der Waals surface area contributed by atoms with Crippen molar-refractivity contribution in [3.63, 3.8) is 0 Å². The summed E-state index contributed by atoms with van der Waals surface area (Å²) < 4.78 is 0. The molecule has 0 fully saturated rings. The molecule has 0 saturated heterocycles. The summed E-state index contributed by atoms with van der Waals surface area (Å²) in [6.45, 7) is 0. The molecule has 0 bridgehead atoms. The van der Waals surface area contributed by atoms with Gasteiger partial charge in [0.15, 0.2) is 0 Å². The van der Waals surface area contributed by atoms with Crippen LogP contribution in [0.1, 0.15) is 12.8 Å². The van der Waals surface area contributed by atoms with Crippen LogP contribution in [0.25, 0.3) is 0 Å². The molecule has 0 unspecified atom stereocenters. The second-order valence-corrected chi connectivity index (χ2v) is 5.93. The average Bonchev–Trinajstić information content (AvgIpc) is 2.63. The van der Waals surface area contributed by atoms with Crippen LogP contribution >= 0.6 is 0 Å². The third-order valence-electron chi connectivity index (χ3n) is 3.87. The van der Waals surface area contributed by atoms with Gasteiger partial charge >= 0.3 is 0 Å². The molecule has 0 amide bonds. The Balaban J connectivity index is 2.16. The Morgan fingerprint density at radius 2 is 1.86 bits per heavy atom. The average molecular weight is 385 g/mol. The van der Waals surface area contributed by atoms with Gasteiger partial charge in [-0.2, -0.15) is 0 Å². The van der Waals surface area contributed by atoms with Crippen molar-refractivity contribution >= 4 is 35.7 Å². The highest BCUT2D eigenvalue weighted by Crippen LogP contribution is 2.16. The fourth-order valence-electron chi connectivity index (χ4n) is 2.48. The van der Waals surface area contributed by atoms with E-state index in [1.54, 1.807) is 0 Å². The number of carboxylic acids is 3. The van der Waals surface area contributed by atoms with Crippen molar-refractivity contribution in [1.82, 2.24) is 5.32 Å². The van der Waals surface area contributed by atoms with Crippen LogP contribution < -0.4 is 20.6 Å². The third-order valence-corrected chi connectivity index (χ3v) is 3.87. The minimum absolute atomic E-state index is 0.119. The Labute approximate surface area is 158 Å². The maximum absolute atomic E-state index is 11.3. The summed E-state index contributed by atoms with van der Waals surface area (Å²) in [4.78, 5) is 59.4. The number of carbonyl (C=O) groups excluding carboxylic acids is 5. The van der Waals surface area contributed by atoms with Crippen LogP contribution in [0.4, 0.5) is 0 Å². The maximum Gasteiger partial charge on any atom is 0.225 e. The zero-order valence-corrected chi connectivity index (χ0v) is 14.2. The first-order chi connectivity index (χ1) is 13.2. The summed E-state index contributed by atoms with van der Waals surface area (Å²) in [5.74, 6) is -6.15. The highest BCUT2D eigenvalue weighted by Gasteiger charge is 2.19. The van der Waals surface area contributed by atoms with Crippen molar-refractivity contribution in [2.24, 2.45) is 4.99 Å². The molecule has 10 heteroatoms. The van der Waals surface area contributed by atoms with Gasteiger partial charge in [-0.1, -0.05) is 6.08 Å². The predicted octanol–water partition coefficient (Wildman–Crippen LogP) is -4.13. The zero-order valence-electron chi connectivity index (χ0n) is 14.2. The van der Waals surface area contributed by atoms with Gasteiger partial charge in [0.2, 0.25) is 11.6 Å². The highest BCUT2D eigenvalue weighted by molar-refractivity contribution is 6.46. The normalized spacial score (nSPS) is 21.9. The molecule has 2 rings (SSSR count). The summed E-state index contributed by atoms with van der Waals surface area (Å²) in [6, 6.07) is -2.67. The molecule has 1 aliphatic heterocycles. The van der Waals surface area contributed by atoms with Crippen molar-refractivity contribution in [3.8, 4) is 0 Å². The van der Waals surface area contributed by atoms with E-state index in [0.717, 1.165) is 24.4 Å². The minimum atomic E-state index is -1.61. The van der Waals surface area contributed by atoms with Crippen molar-refractivity contribution < 1.29 is 39.3 Å². The topological polar surface area (TPSA) is 179 Å². The molecule has 1 N–H and O–H groups in total. The Kier molecular flexibility index (Phi) is 6.38. The lowest BCUT2D eigenvalue weighted by atomic mass is 9.99. The van der Waals surface area contributed by atoms with Crippen LogP contribution in [0.3, 0.4) is 0 Å². The first-order valence-corrected chi connectivity index (χ1v) is 7.98. The molecular formula is C18H13N2O8-3. The fourth-order valence-corrected chi connectivity index (χ4v) is 2.48. The Bertz CT molecular complexity index is 891. The Morgan fingerprint density at radius 1 is 1.14 bits per heavy atom. The number of aliphatic carboxylic acids is 3. The number of ketones is 2. The summed E-state index contributed by atoms with van der Waals surface area (Å²) in [5.41, 5.74) is 0.0596. The molecule has 0 radical (unpaired) electrons. The van der Waals surface area contributed by atoms with E-state index in [4.69, 9.17) is 0 Å². The van der Waals surface area contributed by atoms with Gasteiger partial charge in [0.05, 0.1) is 35.7 Å². The van der Waals surface area contributed by atoms with Crippen molar-refractivity contribution in [1.29, 1.82) is 0 Å². The quantitative estimate of drug-likeness (QED) is 0.259. The maximum atomic E-state index is 11.3. The van der Waals surface area contributed by atoms with Crippen LogP contribution in [0.15, 0.2) is 52.2 Å². The van der Waals surface area contributed by atoms with E-state index in [-0.39, 0.29) is 24.0 Å². The summed E-state index contributed by atoms with van der Waals surface area (Å²) in [7, 11) is 0. The number of allylic oxidation sites excluding steroid dienone is 5. The van der Waals surface area contributed by atoms with E-state index in [9.17, 15) is 39.3 Å². The first-order valence-electron chi connectivity index (χ1n) is 7.98. The number of hydrogen-bond acceptors (Lipinski definition) is 10. The molecule has 146 valence electrons. The zero-order chi connectivity index (χ0) is 20.8. The van der Waals surface area contributed by atoms with E-state index >= 15 is 0 Å². The summed E-state index contributed by atoms with van der Waals surface area (Å²) >= 11 is 0. The van der Waals surface area contributed by atoms with E-state index in [1.807, 2.05) is 0 Å². The van der Waals surface area contributed by atoms with Crippen LogP contribution in [0.2, 0.25) is 0 Å². The standard InChI is InChI=1S/C18H16N2O8/c21-14-2-1-9(8-15(14)22)5-11(16(23)24)19-4-3-10-6-12(17(25)26)20-13(7-10)18(27)28/h1-4,6,8,11,13,20H,5,7H2,(H,23,24)(H,25,26)(H,27,28)/p-3/b10-3-,19-4?/t11-,13-/m0/s1. The number of aliphatic imine (C=N–C) groups is 1. The van der Waals surface area contributed by atoms with Gasteiger partial charge in [0.25, 0.3) is 0 Å². The van der Waals surface area contributed by atoms with Crippen LogP contribution in [-0.4, -0.2) is 47.8 Å². The molecule has 1 aliphatic carbocycles. The molecule has 1 heterocycles. The Hall–Kier alpha value is -3.82.